The van der Waals surface area contributed by atoms with Crippen LogP contribution in [0, 0.1) is 0 Å². The van der Waals surface area contributed by atoms with Crippen LogP contribution >= 0.6 is 0 Å². The molecule has 4 heterocycles. The van der Waals surface area contributed by atoms with E-state index in [0.717, 1.165) is 10.7 Å². The fourth-order valence-corrected chi connectivity index (χ4v) is 2.99. The summed E-state index contributed by atoms with van der Waals surface area (Å²) in [6.07, 6.45) is 3.19. The van der Waals surface area contributed by atoms with Crippen LogP contribution in [0.4, 0.5) is 5.82 Å². The summed E-state index contributed by atoms with van der Waals surface area (Å²) in [5.41, 5.74) is -0.235. The number of nitrogens with one attached hydrogen (secondary N) is 3. The van der Waals surface area contributed by atoms with Gasteiger partial charge in [-0.2, -0.15) is 0 Å². The Bertz CT molecular complexity index is 938. The number of quaternary nitrogens is 1. The highest BCUT2D eigenvalue weighted by molar-refractivity contribution is 5.44. The molecule has 0 bridgehead atoms. The van der Waals surface area contributed by atoms with Gasteiger partial charge in [-0.15, -0.1) is 0 Å². The second kappa shape index (κ2) is 5.89. The van der Waals surface area contributed by atoms with Gasteiger partial charge >= 0.3 is 5.69 Å². The van der Waals surface area contributed by atoms with Gasteiger partial charge in [-0.1, -0.05) is 0 Å². The Morgan fingerprint density at radius 1 is 1.12 bits per heavy atom. The van der Waals surface area contributed by atoms with Crippen LogP contribution in [0.1, 0.15) is 17.1 Å². The minimum absolute atomic E-state index is 0.269. The molecule has 124 valence electrons. The molecule has 3 N–H and O–H groups in total. The first-order chi connectivity index (χ1) is 11.7. The highest BCUT2D eigenvalue weighted by Crippen LogP contribution is 2.13. The molecular weight excluding hydrogens is 312 g/mol. The molecule has 0 saturated heterocycles. The number of aromatic amines is 1. The van der Waals surface area contributed by atoms with Crippen molar-refractivity contribution < 1.29 is 13.7 Å². The molecule has 4 rings (SSSR count). The number of hydrogen-bond donors (Lipinski definition) is 3. The quantitative estimate of drug-likeness (QED) is 0.613. The SMILES string of the molecule is O=c1[nH]c(=O)n(Cc2ccco2)c2c1C[NH+](Cc1ccco1)CN2. The number of H-pyrrole nitrogens is 1. The molecular formula is C16H17N4O4+. The monoisotopic (exact) mass is 329 g/mol. The highest BCUT2D eigenvalue weighted by Gasteiger charge is 2.26. The van der Waals surface area contributed by atoms with Crippen molar-refractivity contribution in [3.63, 3.8) is 0 Å². The van der Waals surface area contributed by atoms with Crippen molar-refractivity contribution >= 4 is 5.82 Å². The topological polar surface area (TPSA) is 97.6 Å². The molecule has 24 heavy (non-hydrogen) atoms. The fraction of sp³-hybridized carbons (Fsp3) is 0.250. The second-order valence-corrected chi connectivity index (χ2v) is 5.79. The van der Waals surface area contributed by atoms with Crippen molar-refractivity contribution in [2.24, 2.45) is 0 Å². The lowest BCUT2D eigenvalue weighted by atomic mass is 10.2. The molecule has 0 spiro atoms. The molecule has 3 aromatic rings. The van der Waals surface area contributed by atoms with E-state index in [2.05, 4.69) is 10.3 Å². The van der Waals surface area contributed by atoms with Gasteiger partial charge in [-0.3, -0.25) is 14.3 Å². The molecule has 8 nitrogen and oxygen atoms in total. The first kappa shape index (κ1) is 14.6. The predicted octanol–water partition coefficient (Wildman–Crippen LogP) is -0.261. The molecule has 8 heteroatoms. The standard InChI is InChI=1S/C16H16N4O4/c21-15-13-9-19(7-11-3-1-5-23-11)10-17-14(13)20(16(22)18-15)8-12-4-2-6-24-12/h1-6,17H,7-10H2,(H,18,21,22)/p+1. The Morgan fingerprint density at radius 2 is 1.88 bits per heavy atom. The Labute approximate surface area is 136 Å². The number of fused-ring (bicyclic) bond motifs is 1. The summed E-state index contributed by atoms with van der Waals surface area (Å²) in [6, 6.07) is 7.31. The maximum atomic E-state index is 12.2. The number of anilines is 1. The van der Waals surface area contributed by atoms with Gasteiger partial charge in [0, 0.05) is 0 Å². The molecule has 3 aromatic heterocycles. The molecule has 1 atom stereocenters. The van der Waals surface area contributed by atoms with Crippen LogP contribution < -0.4 is 21.5 Å². The molecule has 1 aliphatic rings. The summed E-state index contributed by atoms with van der Waals surface area (Å²) < 4.78 is 12.2. The lowest BCUT2D eigenvalue weighted by Crippen LogP contribution is -3.11. The maximum Gasteiger partial charge on any atom is 0.330 e. The lowest BCUT2D eigenvalue weighted by Gasteiger charge is -2.27. The van der Waals surface area contributed by atoms with Crippen LogP contribution in [-0.4, -0.2) is 16.2 Å². The third-order valence-electron chi connectivity index (χ3n) is 4.13. The van der Waals surface area contributed by atoms with Crippen molar-refractivity contribution in [1.82, 2.24) is 9.55 Å². The van der Waals surface area contributed by atoms with Gasteiger partial charge < -0.3 is 19.1 Å². The molecule has 0 fully saturated rings. The average molecular weight is 329 g/mol. The minimum atomic E-state index is -0.447. The highest BCUT2D eigenvalue weighted by atomic mass is 16.3. The van der Waals surface area contributed by atoms with E-state index in [0.29, 0.717) is 36.9 Å². The van der Waals surface area contributed by atoms with E-state index in [1.165, 1.54) is 4.57 Å². The molecule has 0 amide bonds. The van der Waals surface area contributed by atoms with Crippen LogP contribution in [0.2, 0.25) is 0 Å². The van der Waals surface area contributed by atoms with E-state index in [1.807, 2.05) is 12.1 Å². The Hall–Kier alpha value is -3.00. The maximum absolute atomic E-state index is 12.2. The summed E-state index contributed by atoms with van der Waals surface area (Å²) in [6.45, 7) is 2.03. The zero-order chi connectivity index (χ0) is 16.5. The van der Waals surface area contributed by atoms with E-state index in [4.69, 9.17) is 8.83 Å². The summed E-state index contributed by atoms with van der Waals surface area (Å²) in [5.74, 6) is 2.07. The van der Waals surface area contributed by atoms with E-state index in [1.54, 1.807) is 24.7 Å². The Balaban J connectivity index is 1.66. The molecule has 0 radical (unpaired) electrons. The zero-order valence-electron chi connectivity index (χ0n) is 12.9. The number of rotatable bonds is 4. The van der Waals surface area contributed by atoms with E-state index >= 15 is 0 Å². The third-order valence-corrected chi connectivity index (χ3v) is 4.13. The van der Waals surface area contributed by atoms with Crippen molar-refractivity contribution in [1.29, 1.82) is 0 Å². The van der Waals surface area contributed by atoms with Gasteiger partial charge in [0.1, 0.15) is 30.2 Å². The second-order valence-electron chi connectivity index (χ2n) is 5.79. The van der Waals surface area contributed by atoms with E-state index in [9.17, 15) is 9.59 Å². The van der Waals surface area contributed by atoms with Gasteiger partial charge in [0.2, 0.25) is 0 Å². The summed E-state index contributed by atoms with van der Waals surface area (Å²) in [5, 5.41) is 3.21. The van der Waals surface area contributed by atoms with Crippen LogP contribution in [0.15, 0.2) is 55.2 Å². The van der Waals surface area contributed by atoms with Gasteiger partial charge in [-0.25, -0.2) is 4.79 Å². The summed E-state index contributed by atoms with van der Waals surface area (Å²) >= 11 is 0. The molecule has 1 aliphatic heterocycles. The molecule has 0 saturated carbocycles. The van der Waals surface area contributed by atoms with E-state index in [-0.39, 0.29) is 12.1 Å². The molecule has 1 unspecified atom stereocenters. The minimum Gasteiger partial charge on any atom is -0.467 e. The van der Waals surface area contributed by atoms with Crippen molar-refractivity contribution in [3.8, 4) is 0 Å². The average Bonchev–Trinajstić information content (AvgIpc) is 3.25. The fourth-order valence-electron chi connectivity index (χ4n) is 2.99. The first-order valence-corrected chi connectivity index (χ1v) is 7.69. The summed E-state index contributed by atoms with van der Waals surface area (Å²) in [7, 11) is 0. The smallest absolute Gasteiger partial charge is 0.330 e. The van der Waals surface area contributed by atoms with Crippen LogP contribution in [0.3, 0.4) is 0 Å². The van der Waals surface area contributed by atoms with Crippen LogP contribution in [0.25, 0.3) is 0 Å². The number of nitrogens with zero attached hydrogens (tertiary/aromatic N) is 1. The lowest BCUT2D eigenvalue weighted by molar-refractivity contribution is -0.926. The third kappa shape index (κ3) is 2.67. The van der Waals surface area contributed by atoms with Gasteiger partial charge in [0.25, 0.3) is 5.56 Å². The van der Waals surface area contributed by atoms with Gasteiger partial charge in [0.05, 0.1) is 19.1 Å². The Kier molecular flexibility index (Phi) is 3.58. The largest absolute Gasteiger partial charge is 0.467 e. The van der Waals surface area contributed by atoms with Crippen LogP contribution in [0.5, 0.6) is 0 Å². The predicted molar refractivity (Wildman–Crippen MR) is 84.7 cm³/mol. The number of hydrogen-bond acceptors (Lipinski definition) is 5. The normalized spacial score (nSPS) is 16.6. The van der Waals surface area contributed by atoms with Crippen molar-refractivity contribution in [2.75, 3.05) is 12.0 Å². The number of aromatic nitrogens is 2. The summed E-state index contributed by atoms with van der Waals surface area (Å²) in [4.78, 5) is 27.9. The first-order valence-electron chi connectivity index (χ1n) is 7.69. The van der Waals surface area contributed by atoms with Gasteiger partial charge in [-0.05, 0) is 24.3 Å². The van der Waals surface area contributed by atoms with Crippen molar-refractivity contribution in [2.45, 2.75) is 19.6 Å². The number of furan rings is 2. The van der Waals surface area contributed by atoms with Crippen molar-refractivity contribution in [3.05, 3.63) is 74.7 Å². The van der Waals surface area contributed by atoms with Crippen LogP contribution in [-0.2, 0) is 19.6 Å². The Morgan fingerprint density at radius 3 is 2.58 bits per heavy atom. The molecule has 0 aliphatic carbocycles. The van der Waals surface area contributed by atoms with E-state index < -0.39 is 5.69 Å². The zero-order valence-corrected chi connectivity index (χ0v) is 12.9. The molecule has 0 aromatic carbocycles. The van der Waals surface area contributed by atoms with Gasteiger partial charge in [0.15, 0.2) is 12.4 Å².